The van der Waals surface area contributed by atoms with Gasteiger partial charge in [0.1, 0.15) is 15.6 Å². The van der Waals surface area contributed by atoms with E-state index in [1.54, 1.807) is 0 Å². The van der Waals surface area contributed by atoms with Crippen molar-refractivity contribution in [3.05, 3.63) is 34.8 Å². The molecule has 0 unspecified atom stereocenters. The number of benzene rings is 1. The van der Waals surface area contributed by atoms with Crippen molar-refractivity contribution in [2.45, 2.75) is 46.1 Å². The van der Waals surface area contributed by atoms with E-state index < -0.39 is 0 Å². The van der Waals surface area contributed by atoms with Crippen molar-refractivity contribution in [1.82, 2.24) is 20.5 Å². The van der Waals surface area contributed by atoms with E-state index >= 15 is 0 Å². The van der Waals surface area contributed by atoms with Crippen molar-refractivity contribution in [3.63, 3.8) is 0 Å². The van der Waals surface area contributed by atoms with Crippen LogP contribution in [0.4, 0.5) is 0 Å². The molecule has 3 rings (SSSR count). The van der Waals surface area contributed by atoms with Gasteiger partial charge in [-0.25, -0.2) is 4.98 Å². The average molecular weight is 445 g/mol. The molecule has 1 aliphatic heterocycles. The fraction of sp³-hybridized carbons (Fsp3) is 0.522. The van der Waals surface area contributed by atoms with Crippen LogP contribution < -0.4 is 15.4 Å². The van der Waals surface area contributed by atoms with Crippen LogP contribution in [0.15, 0.2) is 24.3 Å². The molecule has 2 aromatic rings. The number of ether oxygens (including phenoxy) is 1. The molecular formula is C23H32N4O3S. The molecule has 8 heteroatoms. The predicted octanol–water partition coefficient (Wildman–Crippen LogP) is 3.24. The molecule has 0 aliphatic carbocycles. The fourth-order valence-corrected chi connectivity index (χ4v) is 4.58. The van der Waals surface area contributed by atoms with Gasteiger partial charge in [0.15, 0.2) is 0 Å². The highest BCUT2D eigenvalue weighted by Crippen LogP contribution is 2.29. The number of carbonyl (C=O) groups is 2. The Morgan fingerprint density at radius 1 is 1.19 bits per heavy atom. The molecule has 7 nitrogen and oxygen atoms in total. The third-order valence-electron chi connectivity index (χ3n) is 5.28. The summed E-state index contributed by atoms with van der Waals surface area (Å²) in [6, 6.07) is 7.91. The van der Waals surface area contributed by atoms with Gasteiger partial charge < -0.3 is 15.4 Å². The molecule has 0 bridgehead atoms. The van der Waals surface area contributed by atoms with E-state index in [0.29, 0.717) is 18.0 Å². The van der Waals surface area contributed by atoms with Gasteiger partial charge >= 0.3 is 0 Å². The first kappa shape index (κ1) is 23.2. The first-order valence-corrected chi connectivity index (χ1v) is 11.8. The van der Waals surface area contributed by atoms with Gasteiger partial charge in [0.2, 0.25) is 5.91 Å². The Morgan fingerprint density at radius 3 is 2.55 bits per heavy atom. The molecule has 1 aromatic heterocycles. The monoisotopic (exact) mass is 444 g/mol. The molecule has 1 aliphatic rings. The van der Waals surface area contributed by atoms with Crippen LogP contribution in [0.1, 0.15) is 48.5 Å². The quantitative estimate of drug-likeness (QED) is 0.620. The highest BCUT2D eigenvalue weighted by Gasteiger charge is 2.24. The summed E-state index contributed by atoms with van der Waals surface area (Å²) in [6.45, 7) is 9.27. The number of aromatic nitrogens is 1. The lowest BCUT2D eigenvalue weighted by Gasteiger charge is -2.31. The number of likely N-dealkylation sites (tertiary alicyclic amines) is 1. The maximum atomic E-state index is 12.9. The molecule has 2 amide bonds. The molecule has 168 valence electrons. The van der Waals surface area contributed by atoms with Crippen molar-refractivity contribution in [2.24, 2.45) is 0 Å². The Kier molecular flexibility index (Phi) is 8.43. The van der Waals surface area contributed by atoms with Gasteiger partial charge in [-0.05, 0) is 57.4 Å². The molecule has 0 saturated carbocycles. The minimum absolute atomic E-state index is 0.0636. The molecule has 0 radical (unpaired) electrons. The summed E-state index contributed by atoms with van der Waals surface area (Å²) < 4.78 is 5.49. The number of hydrogen-bond donors (Lipinski definition) is 2. The zero-order valence-corrected chi connectivity index (χ0v) is 19.4. The number of carbonyl (C=O) groups excluding carboxylic acids is 2. The lowest BCUT2D eigenvalue weighted by Crippen LogP contribution is -2.47. The standard InChI is InChI=1S/C23H32N4O3S/c1-4-12-24-20(28)15-27-13-10-18(11-14-27)26-22(29)21-16(3)25-23(31-21)17-6-8-19(9-7-17)30-5-2/h6-9,18H,4-5,10-15H2,1-3H3,(H,24,28)(H,26,29). The molecule has 0 spiro atoms. The van der Waals surface area contributed by atoms with Crippen molar-refractivity contribution < 1.29 is 14.3 Å². The van der Waals surface area contributed by atoms with E-state index in [1.807, 2.05) is 45.0 Å². The summed E-state index contributed by atoms with van der Waals surface area (Å²) in [4.78, 5) is 32.2. The predicted molar refractivity (Wildman–Crippen MR) is 124 cm³/mol. The highest BCUT2D eigenvalue weighted by molar-refractivity contribution is 7.17. The van der Waals surface area contributed by atoms with E-state index in [0.717, 1.165) is 60.9 Å². The SMILES string of the molecule is CCCNC(=O)CN1CCC(NC(=O)c2sc(-c3ccc(OCC)cc3)nc2C)CC1. The van der Waals surface area contributed by atoms with E-state index in [4.69, 9.17) is 4.74 Å². The zero-order valence-electron chi connectivity index (χ0n) is 18.6. The van der Waals surface area contributed by atoms with Crippen LogP contribution in [0, 0.1) is 6.92 Å². The first-order chi connectivity index (χ1) is 15.0. The second kappa shape index (κ2) is 11.2. The number of hydrogen-bond acceptors (Lipinski definition) is 6. The first-order valence-electron chi connectivity index (χ1n) is 11.0. The largest absolute Gasteiger partial charge is 0.494 e. The van der Waals surface area contributed by atoms with E-state index in [2.05, 4.69) is 20.5 Å². The van der Waals surface area contributed by atoms with Crippen molar-refractivity contribution >= 4 is 23.2 Å². The van der Waals surface area contributed by atoms with E-state index in [9.17, 15) is 9.59 Å². The van der Waals surface area contributed by atoms with Gasteiger partial charge in [-0.2, -0.15) is 0 Å². The van der Waals surface area contributed by atoms with Crippen LogP contribution in [0.2, 0.25) is 0 Å². The summed E-state index contributed by atoms with van der Waals surface area (Å²) in [5.74, 6) is 0.837. The topological polar surface area (TPSA) is 83.6 Å². The third kappa shape index (κ3) is 6.51. The number of amides is 2. The molecule has 2 N–H and O–H groups in total. The minimum Gasteiger partial charge on any atom is -0.494 e. The maximum Gasteiger partial charge on any atom is 0.263 e. The highest BCUT2D eigenvalue weighted by atomic mass is 32.1. The van der Waals surface area contributed by atoms with Crippen LogP contribution in [-0.2, 0) is 4.79 Å². The van der Waals surface area contributed by atoms with Gasteiger partial charge in [0.05, 0.1) is 18.8 Å². The second-order valence-corrected chi connectivity index (χ2v) is 8.76. The Labute approximate surface area is 188 Å². The molecular weight excluding hydrogens is 412 g/mol. The summed E-state index contributed by atoms with van der Waals surface area (Å²) in [5.41, 5.74) is 1.72. The zero-order chi connectivity index (χ0) is 22.2. The maximum absolute atomic E-state index is 12.9. The Bertz CT molecular complexity index is 873. The normalized spacial score (nSPS) is 14.9. The summed E-state index contributed by atoms with van der Waals surface area (Å²) in [7, 11) is 0. The lowest BCUT2D eigenvalue weighted by atomic mass is 10.0. The van der Waals surface area contributed by atoms with Gasteiger partial charge in [-0.1, -0.05) is 6.92 Å². The van der Waals surface area contributed by atoms with Gasteiger partial charge in [-0.3, -0.25) is 14.5 Å². The number of piperidine rings is 1. The van der Waals surface area contributed by atoms with Crippen LogP contribution in [0.25, 0.3) is 10.6 Å². The Hall–Kier alpha value is -2.45. The minimum atomic E-state index is -0.0636. The lowest BCUT2D eigenvalue weighted by molar-refractivity contribution is -0.122. The van der Waals surface area contributed by atoms with Crippen LogP contribution in [0.5, 0.6) is 5.75 Å². The molecule has 0 atom stereocenters. The van der Waals surface area contributed by atoms with Crippen molar-refractivity contribution in [3.8, 4) is 16.3 Å². The van der Waals surface area contributed by atoms with Crippen LogP contribution >= 0.6 is 11.3 Å². The number of nitrogens with zero attached hydrogens (tertiary/aromatic N) is 2. The van der Waals surface area contributed by atoms with Gasteiger partial charge in [0.25, 0.3) is 5.91 Å². The average Bonchev–Trinajstić information content (AvgIpc) is 3.16. The van der Waals surface area contributed by atoms with Crippen molar-refractivity contribution in [2.75, 3.05) is 32.8 Å². The van der Waals surface area contributed by atoms with Gasteiger partial charge in [0, 0.05) is 31.2 Å². The van der Waals surface area contributed by atoms with Gasteiger partial charge in [-0.15, -0.1) is 11.3 Å². The molecule has 1 fully saturated rings. The summed E-state index contributed by atoms with van der Waals surface area (Å²) in [5, 5.41) is 6.90. The number of rotatable bonds is 9. The number of thiazole rings is 1. The molecule has 31 heavy (non-hydrogen) atoms. The third-order valence-corrected chi connectivity index (χ3v) is 6.48. The smallest absolute Gasteiger partial charge is 0.263 e. The number of nitrogens with one attached hydrogen (secondary N) is 2. The van der Waals surface area contributed by atoms with E-state index in [1.165, 1.54) is 11.3 Å². The molecule has 1 saturated heterocycles. The summed E-state index contributed by atoms with van der Waals surface area (Å²) >= 11 is 1.42. The second-order valence-electron chi connectivity index (χ2n) is 7.76. The fourth-order valence-electron chi connectivity index (χ4n) is 3.60. The van der Waals surface area contributed by atoms with E-state index in [-0.39, 0.29) is 17.9 Å². The van der Waals surface area contributed by atoms with Crippen molar-refractivity contribution in [1.29, 1.82) is 0 Å². The summed E-state index contributed by atoms with van der Waals surface area (Å²) in [6.07, 6.45) is 2.63. The Morgan fingerprint density at radius 2 is 1.90 bits per heavy atom. The molecule has 2 heterocycles. The number of aryl methyl sites for hydroxylation is 1. The Balaban J connectivity index is 1.53. The molecule has 1 aromatic carbocycles. The van der Waals surface area contributed by atoms with Crippen LogP contribution in [0.3, 0.4) is 0 Å². The van der Waals surface area contributed by atoms with Crippen LogP contribution in [-0.4, -0.2) is 60.5 Å².